The molecule has 1 heterocycles. The number of carbonyl (C=O) groups excluding carboxylic acids is 1. The minimum Gasteiger partial charge on any atom is -0.497 e. The summed E-state index contributed by atoms with van der Waals surface area (Å²) in [4.78, 5) is 11.6. The Labute approximate surface area is 160 Å². The van der Waals surface area contributed by atoms with Crippen LogP contribution in [0.15, 0.2) is 48.5 Å². The summed E-state index contributed by atoms with van der Waals surface area (Å²) in [5.41, 5.74) is 2.17. The van der Waals surface area contributed by atoms with Crippen molar-refractivity contribution in [2.24, 2.45) is 0 Å². The van der Waals surface area contributed by atoms with Gasteiger partial charge in [-0.2, -0.15) is 0 Å². The third kappa shape index (κ3) is 5.01. The molecule has 1 N–H and O–H groups in total. The van der Waals surface area contributed by atoms with Crippen molar-refractivity contribution in [3.05, 3.63) is 59.7 Å². The Morgan fingerprint density at radius 3 is 2.56 bits per heavy atom. The fourth-order valence-electron chi connectivity index (χ4n) is 3.72. The Morgan fingerprint density at radius 1 is 1.11 bits per heavy atom. The van der Waals surface area contributed by atoms with Gasteiger partial charge in [-0.05, 0) is 43.0 Å². The van der Waals surface area contributed by atoms with E-state index in [4.69, 9.17) is 14.2 Å². The molecule has 5 nitrogen and oxygen atoms in total. The summed E-state index contributed by atoms with van der Waals surface area (Å²) in [5, 5.41) is 3.07. The molecule has 1 fully saturated rings. The molecule has 0 bridgehead atoms. The van der Waals surface area contributed by atoms with Crippen molar-refractivity contribution in [2.75, 3.05) is 14.2 Å². The van der Waals surface area contributed by atoms with Crippen molar-refractivity contribution >= 4 is 5.91 Å². The predicted molar refractivity (Wildman–Crippen MR) is 104 cm³/mol. The molecule has 144 valence electrons. The molecule has 0 aliphatic carbocycles. The number of benzene rings is 2. The van der Waals surface area contributed by atoms with Crippen molar-refractivity contribution in [3.63, 3.8) is 0 Å². The van der Waals surface area contributed by atoms with Crippen LogP contribution >= 0.6 is 0 Å². The third-order valence-corrected chi connectivity index (χ3v) is 4.90. The van der Waals surface area contributed by atoms with Gasteiger partial charge in [0.25, 0.3) is 0 Å². The first kappa shape index (κ1) is 19.2. The van der Waals surface area contributed by atoms with E-state index in [2.05, 4.69) is 17.4 Å². The average Bonchev–Trinajstić information content (AvgIpc) is 2.67. The third-order valence-electron chi connectivity index (χ3n) is 4.90. The quantitative estimate of drug-likeness (QED) is 0.844. The van der Waals surface area contributed by atoms with Crippen LogP contribution in [0, 0.1) is 0 Å². The van der Waals surface area contributed by atoms with Crippen molar-refractivity contribution in [1.82, 2.24) is 5.32 Å². The number of carbonyl (C=O) groups is 1. The molecule has 0 spiro atoms. The van der Waals surface area contributed by atoms with E-state index in [1.165, 1.54) is 5.56 Å². The van der Waals surface area contributed by atoms with Crippen LogP contribution in [0.25, 0.3) is 0 Å². The topological polar surface area (TPSA) is 56.8 Å². The zero-order valence-electron chi connectivity index (χ0n) is 16.1. The van der Waals surface area contributed by atoms with Crippen LogP contribution in [0.3, 0.4) is 0 Å². The number of hydrogen-bond acceptors (Lipinski definition) is 4. The maximum Gasteiger partial charge on any atom is 0.217 e. The second-order valence-electron chi connectivity index (χ2n) is 6.91. The Morgan fingerprint density at radius 2 is 1.89 bits per heavy atom. The van der Waals surface area contributed by atoms with E-state index in [9.17, 15) is 4.79 Å². The van der Waals surface area contributed by atoms with Crippen LogP contribution in [0.2, 0.25) is 0 Å². The summed E-state index contributed by atoms with van der Waals surface area (Å²) in [6, 6.07) is 16.1. The van der Waals surface area contributed by atoms with Crippen molar-refractivity contribution in [3.8, 4) is 11.5 Å². The van der Waals surface area contributed by atoms with Crippen molar-refractivity contribution in [1.29, 1.82) is 0 Å². The van der Waals surface area contributed by atoms with Gasteiger partial charge >= 0.3 is 0 Å². The lowest BCUT2D eigenvalue weighted by Gasteiger charge is -2.36. The Balaban J connectivity index is 1.85. The molecule has 0 saturated carbocycles. The van der Waals surface area contributed by atoms with Crippen LogP contribution in [0.5, 0.6) is 11.5 Å². The number of amides is 1. The van der Waals surface area contributed by atoms with E-state index < -0.39 is 0 Å². The molecule has 5 heteroatoms. The zero-order chi connectivity index (χ0) is 19.2. The molecule has 1 aliphatic heterocycles. The molecule has 2 aromatic carbocycles. The fourth-order valence-corrected chi connectivity index (χ4v) is 3.72. The highest BCUT2D eigenvalue weighted by atomic mass is 16.5. The van der Waals surface area contributed by atoms with Gasteiger partial charge < -0.3 is 19.5 Å². The van der Waals surface area contributed by atoms with E-state index in [1.807, 2.05) is 36.4 Å². The van der Waals surface area contributed by atoms with Gasteiger partial charge in [0.2, 0.25) is 5.91 Å². The van der Waals surface area contributed by atoms with Gasteiger partial charge in [-0.25, -0.2) is 0 Å². The van der Waals surface area contributed by atoms with E-state index in [1.54, 1.807) is 21.1 Å². The first-order valence-corrected chi connectivity index (χ1v) is 9.27. The monoisotopic (exact) mass is 369 g/mol. The molecule has 1 aliphatic rings. The Hall–Kier alpha value is -2.53. The number of ether oxygens (including phenoxy) is 3. The summed E-state index contributed by atoms with van der Waals surface area (Å²) in [5.74, 6) is 1.51. The number of rotatable bonds is 6. The molecular formula is C22H27NO4. The summed E-state index contributed by atoms with van der Waals surface area (Å²) < 4.78 is 17.4. The van der Waals surface area contributed by atoms with E-state index >= 15 is 0 Å². The van der Waals surface area contributed by atoms with Gasteiger partial charge in [0.1, 0.15) is 11.5 Å². The number of methoxy groups -OCH3 is 2. The highest BCUT2D eigenvalue weighted by molar-refractivity contribution is 5.73. The van der Waals surface area contributed by atoms with E-state index in [-0.39, 0.29) is 24.2 Å². The van der Waals surface area contributed by atoms with E-state index in [0.29, 0.717) is 6.42 Å². The highest BCUT2D eigenvalue weighted by Crippen LogP contribution is 2.38. The lowest BCUT2D eigenvalue weighted by Crippen LogP contribution is -2.42. The second kappa shape index (κ2) is 8.91. The highest BCUT2D eigenvalue weighted by Gasteiger charge is 2.32. The largest absolute Gasteiger partial charge is 0.497 e. The molecule has 0 radical (unpaired) electrons. The molecular weight excluding hydrogens is 342 g/mol. The van der Waals surface area contributed by atoms with Gasteiger partial charge in [0.05, 0.1) is 26.4 Å². The van der Waals surface area contributed by atoms with Gasteiger partial charge in [0, 0.05) is 18.5 Å². The summed E-state index contributed by atoms with van der Waals surface area (Å²) in [6.45, 7) is 1.56. The molecule has 0 aromatic heterocycles. The SMILES string of the molecule is COc1ccc(OC)c([C@H]2C[C@@H](NC(C)=O)C[C@@H](Cc3ccccc3)O2)c1. The molecule has 3 rings (SSSR count). The maximum atomic E-state index is 11.6. The number of nitrogens with one attached hydrogen (secondary N) is 1. The van der Waals surface area contributed by atoms with E-state index in [0.717, 1.165) is 29.9 Å². The molecule has 27 heavy (non-hydrogen) atoms. The van der Waals surface area contributed by atoms with Crippen LogP contribution in [-0.4, -0.2) is 32.3 Å². The molecule has 0 unspecified atom stereocenters. The zero-order valence-corrected chi connectivity index (χ0v) is 16.1. The van der Waals surface area contributed by atoms with Crippen LogP contribution in [-0.2, 0) is 16.0 Å². The van der Waals surface area contributed by atoms with Crippen LogP contribution < -0.4 is 14.8 Å². The van der Waals surface area contributed by atoms with Crippen molar-refractivity contribution in [2.45, 2.75) is 44.4 Å². The average molecular weight is 369 g/mol. The lowest BCUT2D eigenvalue weighted by molar-refractivity contribution is -0.122. The Kier molecular flexibility index (Phi) is 6.35. The smallest absolute Gasteiger partial charge is 0.217 e. The molecule has 1 saturated heterocycles. The Bertz CT molecular complexity index is 762. The van der Waals surface area contributed by atoms with Crippen molar-refractivity contribution < 1.29 is 19.0 Å². The lowest BCUT2D eigenvalue weighted by atomic mass is 9.91. The van der Waals surface area contributed by atoms with Gasteiger partial charge in [-0.1, -0.05) is 30.3 Å². The van der Waals surface area contributed by atoms with Crippen LogP contribution in [0.4, 0.5) is 0 Å². The van der Waals surface area contributed by atoms with Gasteiger partial charge in [-0.3, -0.25) is 4.79 Å². The fraction of sp³-hybridized carbons (Fsp3) is 0.409. The molecule has 1 amide bonds. The standard InChI is InChI=1S/C22H27NO4/c1-15(24)23-17-12-19(11-16-7-5-4-6-8-16)27-22(13-17)20-14-18(25-2)9-10-21(20)26-3/h4-10,14,17,19,22H,11-13H2,1-3H3,(H,23,24)/t17-,19+,22+/m0/s1. The maximum absolute atomic E-state index is 11.6. The number of hydrogen-bond donors (Lipinski definition) is 1. The predicted octanol–water partition coefficient (Wildman–Crippen LogP) is 3.67. The summed E-state index contributed by atoms with van der Waals surface area (Å²) in [7, 11) is 3.30. The normalized spacial score (nSPS) is 22.1. The van der Waals surface area contributed by atoms with Crippen LogP contribution in [0.1, 0.15) is 37.0 Å². The second-order valence-corrected chi connectivity index (χ2v) is 6.91. The van der Waals surface area contributed by atoms with Gasteiger partial charge in [0.15, 0.2) is 0 Å². The molecule has 3 atom stereocenters. The summed E-state index contributed by atoms with van der Waals surface area (Å²) in [6.07, 6.45) is 2.14. The first-order valence-electron chi connectivity index (χ1n) is 9.27. The minimum absolute atomic E-state index is 0.0129. The minimum atomic E-state index is -0.172. The molecule has 2 aromatic rings. The summed E-state index contributed by atoms with van der Waals surface area (Å²) >= 11 is 0. The first-order chi connectivity index (χ1) is 13.1. The van der Waals surface area contributed by atoms with Gasteiger partial charge in [-0.15, -0.1) is 0 Å².